The Hall–Kier alpha value is -2.39. The second-order valence-corrected chi connectivity index (χ2v) is 8.44. The Morgan fingerprint density at radius 1 is 1.15 bits per heavy atom. The van der Waals surface area contributed by atoms with Crippen LogP contribution in [0.15, 0.2) is 34.1 Å². The zero-order chi connectivity index (χ0) is 18.5. The van der Waals surface area contributed by atoms with Crippen molar-refractivity contribution in [3.63, 3.8) is 0 Å². The van der Waals surface area contributed by atoms with Gasteiger partial charge in [0.1, 0.15) is 5.82 Å². The molecule has 2 aromatic heterocycles. The number of sulfonamides is 1. The normalized spacial score (nSPS) is 14.7. The summed E-state index contributed by atoms with van der Waals surface area (Å²) >= 11 is 0. The lowest BCUT2D eigenvalue weighted by Gasteiger charge is -2.11. The van der Waals surface area contributed by atoms with Gasteiger partial charge in [-0.25, -0.2) is 22.9 Å². The lowest BCUT2D eigenvalue weighted by molar-refractivity contribution is 0.522. The third-order valence-corrected chi connectivity index (χ3v) is 6.35. The van der Waals surface area contributed by atoms with Crippen molar-refractivity contribution in [1.82, 2.24) is 23.4 Å². The van der Waals surface area contributed by atoms with Crippen LogP contribution in [0.25, 0.3) is 11.0 Å². The molecule has 0 fully saturated rings. The topological polar surface area (TPSA) is 90.9 Å². The van der Waals surface area contributed by atoms with Crippen LogP contribution >= 0.6 is 0 Å². The van der Waals surface area contributed by atoms with Crippen molar-refractivity contribution in [2.75, 3.05) is 0 Å². The molecule has 0 amide bonds. The van der Waals surface area contributed by atoms with E-state index in [1.807, 2.05) is 6.20 Å². The van der Waals surface area contributed by atoms with Gasteiger partial charge in [0.05, 0.1) is 28.2 Å². The molecule has 0 saturated heterocycles. The Morgan fingerprint density at radius 3 is 2.69 bits per heavy atom. The second kappa shape index (κ2) is 6.10. The quantitative estimate of drug-likeness (QED) is 0.733. The van der Waals surface area contributed by atoms with Gasteiger partial charge < -0.3 is 4.57 Å². The fraction of sp³-hybridized carbons (Fsp3) is 0.412. The summed E-state index contributed by atoms with van der Waals surface area (Å²) in [7, 11) is -0.402. The van der Waals surface area contributed by atoms with Gasteiger partial charge in [-0.1, -0.05) is 0 Å². The smallest absolute Gasteiger partial charge is 0.328 e. The molecule has 0 unspecified atom stereocenters. The van der Waals surface area contributed by atoms with Crippen molar-refractivity contribution in [2.24, 2.45) is 14.1 Å². The highest BCUT2D eigenvalue weighted by Crippen LogP contribution is 2.19. The van der Waals surface area contributed by atoms with Crippen molar-refractivity contribution in [1.29, 1.82) is 0 Å². The van der Waals surface area contributed by atoms with E-state index in [0.29, 0.717) is 11.0 Å². The minimum absolute atomic E-state index is 0.134. The first-order valence-electron chi connectivity index (χ1n) is 8.57. The van der Waals surface area contributed by atoms with Crippen LogP contribution in [0.1, 0.15) is 24.4 Å². The molecule has 1 N–H and O–H groups in total. The van der Waals surface area contributed by atoms with Gasteiger partial charge in [-0.15, -0.1) is 0 Å². The Balaban J connectivity index is 1.60. The summed E-state index contributed by atoms with van der Waals surface area (Å²) in [5, 5.41) is 0. The van der Waals surface area contributed by atoms with E-state index in [1.165, 1.54) is 21.3 Å². The fourth-order valence-electron chi connectivity index (χ4n) is 3.46. The highest BCUT2D eigenvalue weighted by molar-refractivity contribution is 7.89. The fourth-order valence-corrected chi connectivity index (χ4v) is 4.48. The van der Waals surface area contributed by atoms with Crippen LogP contribution in [0.4, 0.5) is 0 Å². The van der Waals surface area contributed by atoms with E-state index < -0.39 is 10.0 Å². The standard InChI is InChI=1S/C17H21N5O3S/c1-20-14-7-6-13(9-15(14)21(2)17(20)23)26(24,25)18-10-12-11-22-8-4-3-5-16(22)19-12/h6-7,9,11,18H,3-5,8,10H2,1-2H3. The zero-order valence-corrected chi connectivity index (χ0v) is 15.6. The van der Waals surface area contributed by atoms with Gasteiger partial charge in [-0.2, -0.15) is 0 Å². The average molecular weight is 375 g/mol. The van der Waals surface area contributed by atoms with Gasteiger partial charge in [-0.05, 0) is 31.0 Å². The predicted octanol–water partition coefficient (Wildman–Crippen LogP) is 0.888. The first-order valence-corrected chi connectivity index (χ1v) is 10.1. The Labute approximate surface area is 151 Å². The lowest BCUT2D eigenvalue weighted by atomic mass is 10.2. The van der Waals surface area contributed by atoms with Gasteiger partial charge in [0.2, 0.25) is 10.0 Å². The number of benzene rings is 1. The van der Waals surface area contributed by atoms with Gasteiger partial charge in [0, 0.05) is 33.3 Å². The van der Waals surface area contributed by atoms with Crippen LogP contribution in [0, 0.1) is 0 Å². The van der Waals surface area contributed by atoms with Gasteiger partial charge in [0.25, 0.3) is 0 Å². The molecule has 138 valence electrons. The van der Waals surface area contributed by atoms with Crippen molar-refractivity contribution in [3.05, 3.63) is 46.4 Å². The number of fused-ring (bicyclic) bond motifs is 2. The second-order valence-electron chi connectivity index (χ2n) is 6.67. The molecule has 0 bridgehead atoms. The summed E-state index contributed by atoms with van der Waals surface area (Å²) in [6, 6.07) is 4.69. The van der Waals surface area contributed by atoms with Crippen molar-refractivity contribution in [3.8, 4) is 0 Å². The molecule has 0 spiro atoms. The number of hydrogen-bond acceptors (Lipinski definition) is 4. The first kappa shape index (κ1) is 17.0. The highest BCUT2D eigenvalue weighted by Gasteiger charge is 2.18. The van der Waals surface area contributed by atoms with Gasteiger partial charge in [0.15, 0.2) is 0 Å². The molecule has 3 aromatic rings. The number of nitrogens with zero attached hydrogens (tertiary/aromatic N) is 4. The molecule has 3 heterocycles. The summed E-state index contributed by atoms with van der Waals surface area (Å²) < 4.78 is 33.0. The summed E-state index contributed by atoms with van der Waals surface area (Å²) in [6.45, 7) is 1.09. The average Bonchev–Trinajstić information content (AvgIpc) is 3.15. The molecular weight excluding hydrogens is 354 g/mol. The molecule has 0 saturated carbocycles. The maximum absolute atomic E-state index is 12.7. The van der Waals surface area contributed by atoms with E-state index in [4.69, 9.17) is 0 Å². The molecule has 0 radical (unpaired) electrons. The van der Waals surface area contributed by atoms with Crippen molar-refractivity contribution >= 4 is 21.1 Å². The van der Waals surface area contributed by atoms with E-state index in [0.717, 1.165) is 37.3 Å². The van der Waals surface area contributed by atoms with E-state index in [9.17, 15) is 13.2 Å². The summed E-state index contributed by atoms with van der Waals surface area (Å²) in [5.41, 5.74) is 1.81. The van der Waals surface area contributed by atoms with Crippen LogP contribution in [0.5, 0.6) is 0 Å². The van der Waals surface area contributed by atoms with E-state index in [2.05, 4.69) is 14.3 Å². The SMILES string of the molecule is Cn1c(=O)n(C)c2cc(S(=O)(=O)NCc3cn4c(n3)CCCC4)ccc21. The predicted molar refractivity (Wildman–Crippen MR) is 97.4 cm³/mol. The minimum Gasteiger partial charge on any atom is -0.335 e. The lowest BCUT2D eigenvalue weighted by Crippen LogP contribution is -2.23. The molecule has 8 nitrogen and oxygen atoms in total. The molecule has 1 aliphatic heterocycles. The van der Waals surface area contributed by atoms with Crippen LogP contribution in [0.2, 0.25) is 0 Å². The maximum atomic E-state index is 12.7. The number of nitrogens with one attached hydrogen (secondary N) is 1. The van der Waals surface area contributed by atoms with Gasteiger partial charge >= 0.3 is 5.69 Å². The molecule has 1 aromatic carbocycles. The molecule has 26 heavy (non-hydrogen) atoms. The third kappa shape index (κ3) is 2.77. The first-order chi connectivity index (χ1) is 12.4. The van der Waals surface area contributed by atoms with Crippen LogP contribution in [-0.2, 0) is 43.6 Å². The van der Waals surface area contributed by atoms with Crippen LogP contribution in [-0.4, -0.2) is 27.1 Å². The number of hydrogen-bond donors (Lipinski definition) is 1. The summed E-state index contributed by atoms with van der Waals surface area (Å²) in [5.74, 6) is 1.02. The molecule has 0 aliphatic carbocycles. The van der Waals surface area contributed by atoms with Crippen LogP contribution < -0.4 is 10.4 Å². The third-order valence-electron chi connectivity index (χ3n) is 4.96. The number of imidazole rings is 2. The number of rotatable bonds is 4. The maximum Gasteiger partial charge on any atom is 0.328 e. The number of aromatic nitrogens is 4. The highest BCUT2D eigenvalue weighted by atomic mass is 32.2. The van der Waals surface area contributed by atoms with Crippen molar-refractivity contribution in [2.45, 2.75) is 37.2 Å². The Kier molecular flexibility index (Phi) is 4.00. The van der Waals surface area contributed by atoms with Gasteiger partial charge in [-0.3, -0.25) is 9.13 Å². The van der Waals surface area contributed by atoms with Crippen molar-refractivity contribution < 1.29 is 8.42 Å². The summed E-state index contributed by atoms with van der Waals surface area (Å²) in [6.07, 6.45) is 5.11. The molecule has 1 aliphatic rings. The Bertz CT molecular complexity index is 1130. The van der Waals surface area contributed by atoms with E-state index in [1.54, 1.807) is 20.2 Å². The van der Waals surface area contributed by atoms with Crippen LogP contribution in [0.3, 0.4) is 0 Å². The zero-order valence-electron chi connectivity index (χ0n) is 14.8. The molecule has 0 atom stereocenters. The molecular formula is C17H21N5O3S. The summed E-state index contributed by atoms with van der Waals surface area (Å²) in [4.78, 5) is 16.7. The van der Waals surface area contributed by atoms with E-state index >= 15 is 0 Å². The largest absolute Gasteiger partial charge is 0.335 e. The molecule has 9 heteroatoms. The number of aryl methyl sites for hydroxylation is 4. The van der Waals surface area contributed by atoms with E-state index in [-0.39, 0.29) is 17.1 Å². The Morgan fingerprint density at radius 2 is 1.92 bits per heavy atom. The monoisotopic (exact) mass is 375 g/mol. The molecule has 4 rings (SSSR count). The minimum atomic E-state index is -3.70.